The minimum atomic E-state index is 0. The van der Waals surface area contributed by atoms with E-state index in [1.807, 2.05) is 0 Å². The summed E-state index contributed by atoms with van der Waals surface area (Å²) >= 11 is 0. The molecule has 1 amide bonds. The molecule has 3 nitrogen and oxygen atoms in total. The fourth-order valence-corrected chi connectivity index (χ4v) is 3.44. The van der Waals surface area contributed by atoms with E-state index in [2.05, 4.69) is 31.0 Å². The molecule has 0 bridgehead atoms. The standard InChI is InChI=1S/C14H26N2O.ClH/c1-4-13-6-5-11(3)16(13)14(17)12-7-8-15-10(2)9-12;/h10-13,15H,4-9H2,1-3H3;1H/t10-,11?,12-,13?;/m0./s1. The molecule has 2 heterocycles. The molecule has 18 heavy (non-hydrogen) atoms. The van der Waals surface area contributed by atoms with E-state index in [9.17, 15) is 4.79 Å². The number of carbonyl (C=O) groups excluding carboxylic acids is 1. The van der Waals surface area contributed by atoms with Crippen LogP contribution in [0.15, 0.2) is 0 Å². The molecule has 2 aliphatic heterocycles. The van der Waals surface area contributed by atoms with Crippen molar-refractivity contribution < 1.29 is 4.79 Å². The minimum absolute atomic E-state index is 0. The molecule has 1 N–H and O–H groups in total. The Morgan fingerprint density at radius 2 is 2.00 bits per heavy atom. The Kier molecular flexibility index (Phi) is 5.93. The van der Waals surface area contributed by atoms with Crippen molar-refractivity contribution in [3.63, 3.8) is 0 Å². The van der Waals surface area contributed by atoms with Crippen molar-refractivity contribution in [3.8, 4) is 0 Å². The topological polar surface area (TPSA) is 32.3 Å². The number of likely N-dealkylation sites (tertiary alicyclic amines) is 1. The molecule has 2 rings (SSSR count). The Balaban J connectivity index is 0.00000162. The highest BCUT2D eigenvalue weighted by atomic mass is 35.5. The molecule has 0 radical (unpaired) electrons. The summed E-state index contributed by atoms with van der Waals surface area (Å²) in [6.45, 7) is 7.59. The monoisotopic (exact) mass is 274 g/mol. The summed E-state index contributed by atoms with van der Waals surface area (Å²) in [5.41, 5.74) is 0. The summed E-state index contributed by atoms with van der Waals surface area (Å²) in [6.07, 6.45) is 5.52. The first kappa shape index (κ1) is 15.8. The van der Waals surface area contributed by atoms with Crippen LogP contribution in [0.4, 0.5) is 0 Å². The quantitative estimate of drug-likeness (QED) is 0.839. The Bertz CT molecular complexity index is 285. The van der Waals surface area contributed by atoms with Gasteiger partial charge in [0.1, 0.15) is 0 Å². The van der Waals surface area contributed by atoms with E-state index in [1.165, 1.54) is 12.8 Å². The summed E-state index contributed by atoms with van der Waals surface area (Å²) in [5, 5.41) is 3.42. The van der Waals surface area contributed by atoms with E-state index in [-0.39, 0.29) is 18.3 Å². The van der Waals surface area contributed by atoms with Crippen LogP contribution in [0.2, 0.25) is 0 Å². The number of piperidine rings is 1. The van der Waals surface area contributed by atoms with Gasteiger partial charge in [0.15, 0.2) is 0 Å². The number of hydrogen-bond donors (Lipinski definition) is 1. The van der Waals surface area contributed by atoms with Gasteiger partial charge in [0.05, 0.1) is 0 Å². The van der Waals surface area contributed by atoms with E-state index < -0.39 is 0 Å². The highest BCUT2D eigenvalue weighted by molar-refractivity contribution is 5.85. The number of amides is 1. The first-order chi connectivity index (χ1) is 8.13. The summed E-state index contributed by atoms with van der Waals surface area (Å²) in [7, 11) is 0. The highest BCUT2D eigenvalue weighted by Crippen LogP contribution is 2.30. The Labute approximate surface area is 117 Å². The average molecular weight is 275 g/mol. The summed E-state index contributed by atoms with van der Waals surface area (Å²) in [5.74, 6) is 0.691. The molecule has 2 fully saturated rings. The van der Waals surface area contributed by atoms with Crippen LogP contribution >= 0.6 is 12.4 Å². The third-order valence-corrected chi connectivity index (χ3v) is 4.48. The molecular formula is C14H27ClN2O. The predicted octanol–water partition coefficient (Wildman–Crippen LogP) is 2.59. The fraction of sp³-hybridized carbons (Fsp3) is 0.929. The third kappa shape index (κ3) is 3.18. The number of carbonyl (C=O) groups is 1. The summed E-state index contributed by atoms with van der Waals surface area (Å²) < 4.78 is 0. The molecule has 0 saturated carbocycles. The lowest BCUT2D eigenvalue weighted by Crippen LogP contribution is -2.47. The maximum atomic E-state index is 12.6. The Hall–Kier alpha value is -0.280. The zero-order valence-electron chi connectivity index (χ0n) is 11.8. The van der Waals surface area contributed by atoms with Crippen molar-refractivity contribution in [2.45, 2.75) is 71.0 Å². The number of halogens is 1. The normalized spacial score (nSPS) is 36.3. The maximum absolute atomic E-state index is 12.6. The lowest BCUT2D eigenvalue weighted by atomic mass is 9.91. The Morgan fingerprint density at radius 1 is 1.28 bits per heavy atom. The molecule has 4 heteroatoms. The lowest BCUT2D eigenvalue weighted by molar-refractivity contribution is -0.139. The van der Waals surface area contributed by atoms with Crippen LogP contribution in [-0.4, -0.2) is 35.5 Å². The van der Waals surface area contributed by atoms with Crippen LogP contribution in [-0.2, 0) is 4.79 Å². The van der Waals surface area contributed by atoms with Crippen molar-refractivity contribution in [2.24, 2.45) is 5.92 Å². The van der Waals surface area contributed by atoms with Gasteiger partial charge in [0.2, 0.25) is 5.91 Å². The molecule has 2 saturated heterocycles. The highest BCUT2D eigenvalue weighted by Gasteiger charge is 2.37. The fourth-order valence-electron chi connectivity index (χ4n) is 3.44. The van der Waals surface area contributed by atoms with Gasteiger partial charge in [0.25, 0.3) is 0 Å². The molecular weight excluding hydrogens is 248 g/mol. The first-order valence-electron chi connectivity index (χ1n) is 7.19. The van der Waals surface area contributed by atoms with Gasteiger partial charge in [-0.2, -0.15) is 0 Å². The van der Waals surface area contributed by atoms with Crippen molar-refractivity contribution in [2.75, 3.05) is 6.54 Å². The molecule has 106 valence electrons. The SMILES string of the molecule is CCC1CCC(C)N1C(=O)[C@H]1CCN[C@@H](C)C1.Cl. The van der Waals surface area contributed by atoms with E-state index in [1.54, 1.807) is 0 Å². The smallest absolute Gasteiger partial charge is 0.226 e. The molecule has 0 spiro atoms. The molecule has 2 aliphatic rings. The van der Waals surface area contributed by atoms with Crippen LogP contribution in [0.1, 0.15) is 52.9 Å². The van der Waals surface area contributed by atoms with Gasteiger partial charge in [-0.3, -0.25) is 4.79 Å². The zero-order chi connectivity index (χ0) is 12.4. The maximum Gasteiger partial charge on any atom is 0.226 e. The van der Waals surface area contributed by atoms with Crippen LogP contribution in [0.3, 0.4) is 0 Å². The van der Waals surface area contributed by atoms with Crippen LogP contribution in [0, 0.1) is 5.92 Å². The van der Waals surface area contributed by atoms with E-state index in [4.69, 9.17) is 0 Å². The van der Waals surface area contributed by atoms with Gasteiger partial charge in [-0.1, -0.05) is 6.92 Å². The van der Waals surface area contributed by atoms with Crippen molar-refractivity contribution in [3.05, 3.63) is 0 Å². The van der Waals surface area contributed by atoms with Gasteiger partial charge in [0, 0.05) is 24.0 Å². The molecule has 0 aromatic carbocycles. The predicted molar refractivity (Wildman–Crippen MR) is 77.1 cm³/mol. The second-order valence-corrected chi connectivity index (χ2v) is 5.81. The molecule has 0 aromatic rings. The van der Waals surface area contributed by atoms with Gasteiger partial charge < -0.3 is 10.2 Å². The largest absolute Gasteiger partial charge is 0.337 e. The summed E-state index contributed by atoms with van der Waals surface area (Å²) in [4.78, 5) is 14.8. The molecule has 0 aromatic heterocycles. The van der Waals surface area contributed by atoms with Crippen LogP contribution < -0.4 is 5.32 Å². The third-order valence-electron chi connectivity index (χ3n) is 4.48. The van der Waals surface area contributed by atoms with Crippen LogP contribution in [0.25, 0.3) is 0 Å². The number of nitrogens with one attached hydrogen (secondary N) is 1. The second kappa shape index (κ2) is 6.76. The Morgan fingerprint density at radius 3 is 2.61 bits per heavy atom. The van der Waals surface area contributed by atoms with Crippen molar-refractivity contribution >= 4 is 18.3 Å². The average Bonchev–Trinajstić information content (AvgIpc) is 2.69. The van der Waals surface area contributed by atoms with Gasteiger partial charge in [-0.25, -0.2) is 0 Å². The number of nitrogens with zero attached hydrogens (tertiary/aromatic N) is 1. The van der Waals surface area contributed by atoms with Gasteiger partial charge in [-0.05, 0) is 52.5 Å². The van der Waals surface area contributed by atoms with Crippen LogP contribution in [0.5, 0.6) is 0 Å². The van der Waals surface area contributed by atoms with Crippen molar-refractivity contribution in [1.82, 2.24) is 10.2 Å². The molecule has 0 aliphatic carbocycles. The number of rotatable bonds is 2. The second-order valence-electron chi connectivity index (χ2n) is 5.81. The van der Waals surface area contributed by atoms with Gasteiger partial charge in [-0.15, -0.1) is 12.4 Å². The molecule has 2 unspecified atom stereocenters. The molecule has 4 atom stereocenters. The van der Waals surface area contributed by atoms with Gasteiger partial charge >= 0.3 is 0 Å². The summed E-state index contributed by atoms with van der Waals surface area (Å²) in [6, 6.07) is 1.45. The van der Waals surface area contributed by atoms with E-state index >= 15 is 0 Å². The minimum Gasteiger partial charge on any atom is -0.337 e. The number of hydrogen-bond acceptors (Lipinski definition) is 2. The van der Waals surface area contributed by atoms with Crippen molar-refractivity contribution in [1.29, 1.82) is 0 Å². The first-order valence-corrected chi connectivity index (χ1v) is 7.19. The lowest BCUT2D eigenvalue weighted by Gasteiger charge is -2.35. The van der Waals surface area contributed by atoms with E-state index in [0.717, 1.165) is 25.8 Å². The van der Waals surface area contributed by atoms with E-state index in [0.29, 0.717) is 24.0 Å². The zero-order valence-corrected chi connectivity index (χ0v) is 12.6.